The number of hydrogen-bond donors (Lipinski definition) is 0. The third kappa shape index (κ3) is 4.72. The number of ether oxygens (including phenoxy) is 1. The van der Waals surface area contributed by atoms with E-state index in [0.717, 1.165) is 27.8 Å². The maximum absolute atomic E-state index is 13.3. The maximum Gasteiger partial charge on any atom is 0.326 e. The molecule has 0 radical (unpaired) electrons. The lowest BCUT2D eigenvalue weighted by molar-refractivity contribution is -0.143. The Balaban J connectivity index is 1.57. The summed E-state index contributed by atoms with van der Waals surface area (Å²) in [7, 11) is 0. The molecular weight excluding hydrogens is 445 g/mol. The number of carbonyl (C=O) groups is 2. The van der Waals surface area contributed by atoms with Gasteiger partial charge in [-0.1, -0.05) is 66.7 Å². The van der Waals surface area contributed by atoms with Crippen LogP contribution in [0.15, 0.2) is 72.8 Å². The van der Waals surface area contributed by atoms with Crippen LogP contribution < -0.4 is 4.90 Å². The first-order chi connectivity index (χ1) is 15.6. The van der Waals surface area contributed by atoms with E-state index in [0.29, 0.717) is 23.0 Å². The molecule has 0 aliphatic carbocycles. The summed E-state index contributed by atoms with van der Waals surface area (Å²) in [5, 5.41) is 0. The van der Waals surface area contributed by atoms with Gasteiger partial charge in [-0.15, -0.1) is 23.2 Å². The van der Waals surface area contributed by atoms with Gasteiger partial charge in [-0.05, 0) is 34.4 Å². The van der Waals surface area contributed by atoms with Crippen molar-refractivity contribution in [2.24, 2.45) is 0 Å². The summed E-state index contributed by atoms with van der Waals surface area (Å²) < 4.78 is 5.38. The summed E-state index contributed by atoms with van der Waals surface area (Å²) in [5.41, 5.74) is 5.63. The van der Waals surface area contributed by atoms with E-state index in [1.54, 1.807) is 0 Å². The summed E-state index contributed by atoms with van der Waals surface area (Å²) in [6.45, 7) is 0.0122. The number of para-hydroxylation sites is 1. The van der Waals surface area contributed by atoms with Gasteiger partial charge in [0.05, 0.1) is 5.69 Å². The van der Waals surface area contributed by atoms with Crippen molar-refractivity contribution in [3.63, 3.8) is 0 Å². The highest BCUT2D eigenvalue weighted by Gasteiger charge is 2.33. The van der Waals surface area contributed by atoms with E-state index in [4.69, 9.17) is 27.9 Å². The molecule has 1 amide bonds. The Morgan fingerprint density at radius 1 is 0.906 bits per heavy atom. The van der Waals surface area contributed by atoms with Crippen LogP contribution in [0.2, 0.25) is 0 Å². The number of benzene rings is 3. The lowest BCUT2D eigenvalue weighted by Crippen LogP contribution is -2.33. The van der Waals surface area contributed by atoms with Crippen molar-refractivity contribution in [2.45, 2.75) is 18.4 Å². The third-order valence-corrected chi connectivity index (χ3v) is 5.90. The molecule has 3 aromatic carbocycles. The van der Waals surface area contributed by atoms with Crippen molar-refractivity contribution >= 4 is 52.4 Å². The monoisotopic (exact) mass is 465 g/mol. The van der Waals surface area contributed by atoms with Gasteiger partial charge in [0, 0.05) is 22.9 Å². The van der Waals surface area contributed by atoms with Crippen molar-refractivity contribution in [3.8, 4) is 0 Å². The number of fused-ring (bicyclic) bond motifs is 1. The van der Waals surface area contributed by atoms with Crippen LogP contribution in [-0.4, -0.2) is 18.4 Å². The smallest absolute Gasteiger partial charge is 0.326 e. The number of alkyl halides is 2. The predicted molar refractivity (Wildman–Crippen MR) is 128 cm³/mol. The van der Waals surface area contributed by atoms with Crippen LogP contribution in [0.1, 0.15) is 27.8 Å². The Kier molecular flexibility index (Phi) is 6.93. The molecule has 0 bridgehead atoms. The summed E-state index contributed by atoms with van der Waals surface area (Å²) >= 11 is 12.0. The van der Waals surface area contributed by atoms with Crippen LogP contribution >= 0.6 is 23.2 Å². The van der Waals surface area contributed by atoms with Crippen LogP contribution in [0.25, 0.3) is 11.6 Å². The third-order valence-electron chi connectivity index (χ3n) is 5.32. The number of halogens is 2. The summed E-state index contributed by atoms with van der Waals surface area (Å²) in [4.78, 5) is 27.2. The highest BCUT2D eigenvalue weighted by molar-refractivity contribution is 6.36. The van der Waals surface area contributed by atoms with Crippen LogP contribution in [0.4, 0.5) is 5.69 Å². The van der Waals surface area contributed by atoms with Gasteiger partial charge in [-0.2, -0.15) is 0 Å². The van der Waals surface area contributed by atoms with Crippen LogP contribution in [0.3, 0.4) is 0 Å². The van der Waals surface area contributed by atoms with E-state index in [-0.39, 0.29) is 19.1 Å². The topological polar surface area (TPSA) is 46.6 Å². The van der Waals surface area contributed by atoms with E-state index in [2.05, 4.69) is 0 Å². The number of amides is 1. The second-order valence-electron chi connectivity index (χ2n) is 7.41. The fraction of sp³-hybridized carbons (Fsp3) is 0.154. The van der Waals surface area contributed by atoms with Crippen LogP contribution in [-0.2, 0) is 32.7 Å². The summed E-state index contributed by atoms with van der Waals surface area (Å²) in [6.07, 6.45) is 1.82. The lowest BCUT2D eigenvalue weighted by atomic mass is 10.0. The fourth-order valence-electron chi connectivity index (χ4n) is 3.67. The van der Waals surface area contributed by atoms with Gasteiger partial charge in [-0.25, -0.2) is 0 Å². The largest absolute Gasteiger partial charge is 0.459 e. The zero-order chi connectivity index (χ0) is 22.5. The minimum atomic E-state index is -0.464. The van der Waals surface area contributed by atoms with E-state index < -0.39 is 5.97 Å². The standard InChI is InChI=1S/C26H21Cl2NO3/c27-14-20-11-10-19(12-21(20)15-28)13-23-22-8-4-5-9-24(22)29(26(23)31)16-25(30)32-17-18-6-2-1-3-7-18/h1-13H,14-17H2/b23-13-. The van der Waals surface area contributed by atoms with E-state index in [1.165, 1.54) is 4.90 Å². The Morgan fingerprint density at radius 2 is 1.62 bits per heavy atom. The average molecular weight is 466 g/mol. The fourth-order valence-corrected chi connectivity index (χ4v) is 4.18. The molecule has 4 rings (SSSR count). The number of hydrogen-bond acceptors (Lipinski definition) is 3. The number of esters is 1. The van der Waals surface area contributed by atoms with Gasteiger partial charge < -0.3 is 4.74 Å². The van der Waals surface area contributed by atoms with Gasteiger partial charge in [0.25, 0.3) is 5.91 Å². The molecule has 0 atom stereocenters. The molecule has 6 heteroatoms. The zero-order valence-electron chi connectivity index (χ0n) is 17.3. The molecule has 0 unspecified atom stereocenters. The normalized spacial score (nSPS) is 14.0. The van der Waals surface area contributed by atoms with Crippen molar-refractivity contribution < 1.29 is 14.3 Å². The quantitative estimate of drug-likeness (QED) is 0.251. The molecule has 162 valence electrons. The van der Waals surface area contributed by atoms with E-state index in [1.807, 2.05) is 78.9 Å². The zero-order valence-corrected chi connectivity index (χ0v) is 18.8. The lowest BCUT2D eigenvalue weighted by Gasteiger charge is -2.16. The molecule has 32 heavy (non-hydrogen) atoms. The SMILES string of the molecule is O=C(CN1C(=O)/C(=C\c2ccc(CCl)c(CCl)c2)c2ccccc21)OCc1ccccc1. The summed E-state index contributed by atoms with van der Waals surface area (Å²) in [5.74, 6) is 0.00792. The van der Waals surface area contributed by atoms with Gasteiger partial charge >= 0.3 is 5.97 Å². The molecule has 1 aliphatic heterocycles. The molecule has 1 heterocycles. The summed E-state index contributed by atoms with van der Waals surface area (Å²) in [6, 6.07) is 22.6. The Labute approximate surface area is 197 Å². The first-order valence-electron chi connectivity index (χ1n) is 10.2. The number of anilines is 1. The van der Waals surface area contributed by atoms with Crippen LogP contribution in [0, 0.1) is 0 Å². The molecule has 4 nitrogen and oxygen atoms in total. The Bertz CT molecular complexity index is 1170. The maximum atomic E-state index is 13.3. The van der Waals surface area contributed by atoms with Crippen molar-refractivity contribution in [3.05, 3.63) is 101 Å². The first-order valence-corrected chi connectivity index (χ1v) is 11.2. The van der Waals surface area contributed by atoms with Gasteiger partial charge in [0.15, 0.2) is 0 Å². The highest BCUT2D eigenvalue weighted by atomic mass is 35.5. The number of nitrogens with zero attached hydrogens (tertiary/aromatic N) is 1. The van der Waals surface area contributed by atoms with Crippen LogP contribution in [0.5, 0.6) is 0 Å². The van der Waals surface area contributed by atoms with Gasteiger partial charge in [0.1, 0.15) is 13.2 Å². The van der Waals surface area contributed by atoms with Crippen molar-refractivity contribution in [1.29, 1.82) is 0 Å². The molecule has 0 saturated carbocycles. The average Bonchev–Trinajstić information content (AvgIpc) is 3.09. The van der Waals surface area contributed by atoms with E-state index >= 15 is 0 Å². The molecule has 1 aliphatic rings. The Hall–Kier alpha value is -3.08. The minimum Gasteiger partial charge on any atom is -0.459 e. The number of carbonyl (C=O) groups excluding carboxylic acids is 2. The molecular formula is C26H21Cl2NO3. The number of rotatable bonds is 7. The van der Waals surface area contributed by atoms with Gasteiger partial charge in [-0.3, -0.25) is 14.5 Å². The van der Waals surface area contributed by atoms with Gasteiger partial charge in [0.2, 0.25) is 0 Å². The molecule has 0 aromatic heterocycles. The molecule has 0 fully saturated rings. The second kappa shape index (κ2) is 10.0. The molecule has 0 N–H and O–H groups in total. The molecule has 3 aromatic rings. The second-order valence-corrected chi connectivity index (χ2v) is 7.94. The minimum absolute atomic E-state index is 0.155. The predicted octanol–water partition coefficient (Wildman–Crippen LogP) is 5.79. The van der Waals surface area contributed by atoms with Crippen molar-refractivity contribution in [1.82, 2.24) is 0 Å². The molecule has 0 saturated heterocycles. The Morgan fingerprint density at radius 3 is 2.38 bits per heavy atom. The van der Waals surface area contributed by atoms with Crippen molar-refractivity contribution in [2.75, 3.05) is 11.4 Å². The highest BCUT2D eigenvalue weighted by Crippen LogP contribution is 2.37. The first kappa shape index (κ1) is 22.1. The molecule has 0 spiro atoms. The van der Waals surface area contributed by atoms with E-state index in [9.17, 15) is 9.59 Å².